The Bertz CT molecular complexity index is 1370. The fourth-order valence-corrected chi connectivity index (χ4v) is 4.42. The summed E-state index contributed by atoms with van der Waals surface area (Å²) in [6.45, 7) is 1.95. The van der Waals surface area contributed by atoms with Gasteiger partial charge < -0.3 is 14.7 Å². The average molecular weight is 485 g/mol. The van der Waals surface area contributed by atoms with E-state index in [9.17, 15) is 9.59 Å². The number of benzene rings is 3. The van der Waals surface area contributed by atoms with Crippen molar-refractivity contribution in [1.29, 1.82) is 0 Å². The smallest absolute Gasteiger partial charge is 0.324 e. The highest BCUT2D eigenvalue weighted by Gasteiger charge is 2.24. The molecule has 184 valence electrons. The van der Waals surface area contributed by atoms with Crippen LogP contribution in [0.2, 0.25) is 0 Å². The largest absolute Gasteiger partial charge is 0.388 e. The van der Waals surface area contributed by atoms with E-state index >= 15 is 0 Å². The van der Waals surface area contributed by atoms with Gasteiger partial charge in [-0.25, -0.2) is 4.79 Å². The molecule has 1 N–H and O–H groups in total. The molecule has 2 heterocycles. The van der Waals surface area contributed by atoms with Crippen LogP contribution < -0.4 is 4.90 Å². The van der Waals surface area contributed by atoms with Gasteiger partial charge in [0.25, 0.3) is 0 Å². The SMILES string of the molecule is Cn1ncc2ccc(-c3ccc(N(Cc4ccc(C(=O)CO)cc4)C(=O)N4CCOCC4)cc3)cc21. The molecule has 2 amide bonds. The fourth-order valence-electron chi connectivity index (χ4n) is 4.42. The number of aromatic nitrogens is 2. The highest BCUT2D eigenvalue weighted by atomic mass is 16.5. The molecular formula is C28H28N4O4. The minimum Gasteiger partial charge on any atom is -0.388 e. The quantitative estimate of drug-likeness (QED) is 0.420. The zero-order valence-corrected chi connectivity index (χ0v) is 20.1. The van der Waals surface area contributed by atoms with E-state index < -0.39 is 6.61 Å². The number of amides is 2. The molecule has 1 aliphatic rings. The Morgan fingerprint density at radius 3 is 2.36 bits per heavy atom. The first-order valence-electron chi connectivity index (χ1n) is 11.9. The number of ketones is 1. The lowest BCUT2D eigenvalue weighted by atomic mass is 10.0. The summed E-state index contributed by atoms with van der Waals surface area (Å²) in [6, 6.07) is 21.1. The maximum Gasteiger partial charge on any atom is 0.324 e. The number of rotatable bonds is 6. The Balaban J connectivity index is 1.43. The number of morpholine rings is 1. The number of ether oxygens (including phenoxy) is 1. The van der Waals surface area contributed by atoms with E-state index in [1.165, 1.54) is 0 Å². The lowest BCUT2D eigenvalue weighted by Crippen LogP contribution is -2.48. The molecule has 1 aliphatic heterocycles. The van der Waals surface area contributed by atoms with Crippen molar-refractivity contribution in [3.05, 3.63) is 84.1 Å². The van der Waals surface area contributed by atoms with Gasteiger partial charge in [0, 0.05) is 36.8 Å². The van der Waals surface area contributed by atoms with Gasteiger partial charge in [0.1, 0.15) is 6.61 Å². The van der Waals surface area contributed by atoms with E-state index in [4.69, 9.17) is 9.84 Å². The third kappa shape index (κ3) is 4.86. The van der Waals surface area contributed by atoms with Gasteiger partial charge in [0.05, 0.1) is 31.5 Å². The second-order valence-corrected chi connectivity index (χ2v) is 8.83. The molecular weight excluding hydrogens is 456 g/mol. The van der Waals surface area contributed by atoms with E-state index in [0.29, 0.717) is 38.4 Å². The van der Waals surface area contributed by atoms with Gasteiger partial charge in [0.2, 0.25) is 0 Å². The van der Waals surface area contributed by atoms with E-state index in [1.54, 1.807) is 21.9 Å². The minimum atomic E-state index is -0.527. The summed E-state index contributed by atoms with van der Waals surface area (Å²) in [4.78, 5) is 28.9. The molecule has 8 nitrogen and oxygen atoms in total. The number of aliphatic hydroxyl groups excluding tert-OH is 1. The lowest BCUT2D eigenvalue weighted by Gasteiger charge is -2.33. The van der Waals surface area contributed by atoms with Crippen LogP contribution in [-0.4, -0.2) is 64.5 Å². The standard InChI is InChI=1S/C28H28N4O4/c1-30-26-16-23(6-7-24(26)17-29-30)21-8-10-25(11-9-21)32(28(35)31-12-14-36-15-13-31)18-20-2-4-22(5-3-20)27(34)19-33/h2-11,16-17,33H,12-15,18-19H2,1H3. The van der Waals surface area contributed by atoms with Crippen molar-refractivity contribution in [2.75, 3.05) is 37.8 Å². The molecule has 3 aromatic carbocycles. The van der Waals surface area contributed by atoms with Crippen LogP contribution in [0.25, 0.3) is 22.0 Å². The van der Waals surface area contributed by atoms with Gasteiger partial charge in [-0.05, 0) is 34.9 Å². The molecule has 0 saturated carbocycles. The first-order chi connectivity index (χ1) is 17.5. The molecule has 4 aromatic rings. The van der Waals surface area contributed by atoms with Crippen LogP contribution in [0.5, 0.6) is 0 Å². The monoisotopic (exact) mass is 484 g/mol. The average Bonchev–Trinajstić information content (AvgIpc) is 3.31. The van der Waals surface area contributed by atoms with Crippen LogP contribution in [0.1, 0.15) is 15.9 Å². The number of aryl methyl sites for hydroxylation is 1. The third-order valence-corrected chi connectivity index (χ3v) is 6.53. The predicted molar refractivity (Wildman–Crippen MR) is 138 cm³/mol. The molecule has 8 heteroatoms. The van der Waals surface area contributed by atoms with Gasteiger partial charge in [0.15, 0.2) is 5.78 Å². The minimum absolute atomic E-state index is 0.0853. The molecule has 5 rings (SSSR count). The fraction of sp³-hybridized carbons (Fsp3) is 0.250. The normalized spacial score (nSPS) is 13.7. The summed E-state index contributed by atoms with van der Waals surface area (Å²) in [6.07, 6.45) is 1.85. The molecule has 1 fully saturated rings. The molecule has 1 aromatic heterocycles. The molecule has 1 saturated heterocycles. The maximum absolute atomic E-state index is 13.5. The Morgan fingerprint density at radius 2 is 1.67 bits per heavy atom. The van der Waals surface area contributed by atoms with E-state index in [0.717, 1.165) is 33.3 Å². The van der Waals surface area contributed by atoms with Crippen LogP contribution >= 0.6 is 0 Å². The number of hydrogen-bond acceptors (Lipinski definition) is 5. The highest BCUT2D eigenvalue weighted by Crippen LogP contribution is 2.28. The maximum atomic E-state index is 13.5. The third-order valence-electron chi connectivity index (χ3n) is 6.53. The number of nitrogens with zero attached hydrogens (tertiary/aromatic N) is 4. The summed E-state index contributed by atoms with van der Waals surface area (Å²) in [5, 5.41) is 14.5. The molecule has 36 heavy (non-hydrogen) atoms. The topological polar surface area (TPSA) is 87.9 Å². The van der Waals surface area contributed by atoms with Crippen molar-refractivity contribution in [2.24, 2.45) is 7.05 Å². The number of aliphatic hydroxyl groups is 1. The molecule has 0 aliphatic carbocycles. The number of urea groups is 1. The van der Waals surface area contributed by atoms with Crippen LogP contribution in [0, 0.1) is 0 Å². The zero-order chi connectivity index (χ0) is 25.1. The first-order valence-corrected chi connectivity index (χ1v) is 11.9. The second kappa shape index (κ2) is 10.3. The first kappa shape index (κ1) is 23.7. The molecule has 0 unspecified atom stereocenters. The van der Waals surface area contributed by atoms with E-state index in [1.807, 2.05) is 54.3 Å². The summed E-state index contributed by atoms with van der Waals surface area (Å²) in [5.41, 5.74) is 5.30. The molecule has 0 bridgehead atoms. The van der Waals surface area contributed by atoms with Crippen molar-refractivity contribution in [3.8, 4) is 11.1 Å². The highest BCUT2D eigenvalue weighted by molar-refractivity contribution is 5.97. The number of hydrogen-bond donors (Lipinski definition) is 1. The number of carbonyl (C=O) groups excluding carboxylic acids is 2. The Kier molecular flexibility index (Phi) is 6.79. The molecule has 0 radical (unpaired) electrons. The van der Waals surface area contributed by atoms with Crippen molar-refractivity contribution in [3.63, 3.8) is 0 Å². The molecule has 0 atom stereocenters. The Labute approximate surface area is 209 Å². The second-order valence-electron chi connectivity index (χ2n) is 8.83. The zero-order valence-electron chi connectivity index (χ0n) is 20.1. The van der Waals surface area contributed by atoms with Crippen molar-refractivity contribution in [1.82, 2.24) is 14.7 Å². The van der Waals surface area contributed by atoms with Gasteiger partial charge in [-0.2, -0.15) is 5.10 Å². The number of anilines is 1. The van der Waals surface area contributed by atoms with Gasteiger partial charge in [-0.3, -0.25) is 14.4 Å². The predicted octanol–water partition coefficient (Wildman–Crippen LogP) is 3.87. The van der Waals surface area contributed by atoms with E-state index in [2.05, 4.69) is 23.3 Å². The van der Waals surface area contributed by atoms with Crippen molar-refractivity contribution >= 4 is 28.4 Å². The lowest BCUT2D eigenvalue weighted by molar-refractivity contribution is 0.0548. The van der Waals surface area contributed by atoms with Gasteiger partial charge in [-0.15, -0.1) is 0 Å². The van der Waals surface area contributed by atoms with Crippen LogP contribution in [-0.2, 0) is 18.3 Å². The van der Waals surface area contributed by atoms with Gasteiger partial charge in [-0.1, -0.05) is 48.5 Å². The number of fused-ring (bicyclic) bond motifs is 1. The van der Waals surface area contributed by atoms with Crippen molar-refractivity contribution in [2.45, 2.75) is 6.54 Å². The number of carbonyl (C=O) groups is 2. The summed E-state index contributed by atoms with van der Waals surface area (Å²) in [7, 11) is 1.93. The van der Waals surface area contributed by atoms with Crippen LogP contribution in [0.3, 0.4) is 0 Å². The number of Topliss-reactive ketones (excluding diaryl/α,β-unsaturated/α-hetero) is 1. The van der Waals surface area contributed by atoms with Crippen LogP contribution in [0.15, 0.2) is 72.9 Å². The Morgan fingerprint density at radius 1 is 0.972 bits per heavy atom. The summed E-state index contributed by atoms with van der Waals surface area (Å²) < 4.78 is 7.28. The summed E-state index contributed by atoms with van der Waals surface area (Å²) in [5.74, 6) is -0.331. The van der Waals surface area contributed by atoms with Gasteiger partial charge >= 0.3 is 6.03 Å². The van der Waals surface area contributed by atoms with Crippen molar-refractivity contribution < 1.29 is 19.4 Å². The Hall–Kier alpha value is -4.01. The molecule has 0 spiro atoms. The van der Waals surface area contributed by atoms with E-state index in [-0.39, 0.29) is 11.8 Å². The summed E-state index contributed by atoms with van der Waals surface area (Å²) >= 11 is 0. The van der Waals surface area contributed by atoms with Crippen LogP contribution in [0.4, 0.5) is 10.5 Å².